The maximum absolute atomic E-state index is 2.26. The number of unbranched alkanes of at least 4 members (excludes halogenated alkanes) is 6. The van der Waals surface area contributed by atoms with Gasteiger partial charge in [-0.25, -0.2) is 0 Å². The summed E-state index contributed by atoms with van der Waals surface area (Å²) in [7, 11) is 0. The van der Waals surface area contributed by atoms with Gasteiger partial charge in [-0.1, -0.05) is 51.2 Å². The molecule has 0 aliphatic rings. The van der Waals surface area contributed by atoms with E-state index < -0.39 is 0 Å². The first-order valence-corrected chi connectivity index (χ1v) is 5.03. The third kappa shape index (κ3) is 9.74. The van der Waals surface area contributed by atoms with Crippen LogP contribution in [-0.2, 0) is 0 Å². The molecular formula is C11H22. The molecule has 0 aromatic heterocycles. The van der Waals surface area contributed by atoms with Crippen molar-refractivity contribution in [2.75, 3.05) is 0 Å². The smallest absolute Gasteiger partial charge is 0.0351 e. The van der Waals surface area contributed by atoms with Gasteiger partial charge in [-0.3, -0.25) is 0 Å². The lowest BCUT2D eigenvalue weighted by molar-refractivity contribution is 0.611. The first-order valence-electron chi connectivity index (χ1n) is 5.03. The molecule has 11 heavy (non-hydrogen) atoms. The van der Waals surface area contributed by atoms with Crippen molar-refractivity contribution in [2.24, 2.45) is 0 Å². The van der Waals surface area contributed by atoms with Crippen LogP contribution in [0.4, 0.5) is 0 Å². The van der Waals surface area contributed by atoms with Crippen molar-refractivity contribution in [3.8, 4) is 0 Å². The Hall–Kier alpha value is -0.260. The van der Waals surface area contributed by atoms with Crippen LogP contribution in [0.2, 0.25) is 0 Å². The topological polar surface area (TPSA) is 0 Å². The van der Waals surface area contributed by atoms with Crippen LogP contribution in [0.25, 0.3) is 0 Å². The molecule has 0 saturated carbocycles. The molecule has 0 nitrogen and oxygen atoms in total. The molecule has 0 saturated heterocycles. The van der Waals surface area contributed by atoms with E-state index in [4.69, 9.17) is 0 Å². The van der Waals surface area contributed by atoms with Crippen LogP contribution in [0.3, 0.4) is 0 Å². The minimum absolute atomic E-state index is 1.28. The molecule has 0 heterocycles. The Labute approximate surface area is 71.7 Å². The van der Waals surface area contributed by atoms with Crippen molar-refractivity contribution in [3.63, 3.8) is 0 Å². The fraction of sp³-hybridized carbons (Fsp3) is 0.818. The Morgan fingerprint density at radius 1 is 0.909 bits per heavy atom. The van der Waals surface area contributed by atoms with Crippen LogP contribution >= 0.6 is 0 Å². The van der Waals surface area contributed by atoms with Gasteiger partial charge in [0.2, 0.25) is 0 Å². The molecular weight excluding hydrogens is 132 g/mol. The number of rotatable bonds is 7. The van der Waals surface area contributed by atoms with Crippen molar-refractivity contribution >= 4 is 0 Å². The highest BCUT2D eigenvalue weighted by molar-refractivity contribution is 4.76. The second-order valence-electron chi connectivity index (χ2n) is 3.13. The molecule has 0 aliphatic carbocycles. The summed E-state index contributed by atoms with van der Waals surface area (Å²) in [5, 5.41) is 0. The lowest BCUT2D eigenvalue weighted by atomic mass is 10.1. The average Bonchev–Trinajstić information content (AvgIpc) is 2.03. The average molecular weight is 154 g/mol. The molecule has 0 amide bonds. The summed E-state index contributed by atoms with van der Waals surface area (Å²) in [6.45, 7) is 4.36. The zero-order valence-corrected chi connectivity index (χ0v) is 8.10. The van der Waals surface area contributed by atoms with E-state index >= 15 is 0 Å². The predicted molar refractivity (Wildman–Crippen MR) is 52.8 cm³/mol. The first kappa shape index (κ1) is 10.7. The van der Waals surface area contributed by atoms with Gasteiger partial charge in [0, 0.05) is 0 Å². The van der Waals surface area contributed by atoms with Crippen molar-refractivity contribution in [3.05, 3.63) is 12.2 Å². The second kappa shape index (κ2) is 9.74. The molecule has 0 unspecified atom stereocenters. The fourth-order valence-corrected chi connectivity index (χ4v) is 1.21. The van der Waals surface area contributed by atoms with Crippen LogP contribution in [-0.4, -0.2) is 0 Å². The number of hydrogen-bond donors (Lipinski definition) is 0. The summed E-state index contributed by atoms with van der Waals surface area (Å²) < 4.78 is 0. The van der Waals surface area contributed by atoms with Gasteiger partial charge < -0.3 is 0 Å². The number of hydrogen-bond acceptors (Lipinski definition) is 0. The van der Waals surface area contributed by atoms with Gasteiger partial charge >= 0.3 is 0 Å². The van der Waals surface area contributed by atoms with E-state index in [1.54, 1.807) is 0 Å². The molecule has 0 aromatic carbocycles. The molecule has 0 radical (unpaired) electrons. The van der Waals surface area contributed by atoms with E-state index in [9.17, 15) is 0 Å². The SMILES string of the molecule is CC=CCCCCCCCC. The summed E-state index contributed by atoms with van der Waals surface area (Å²) in [5.74, 6) is 0. The number of allylic oxidation sites excluding steroid dienone is 2. The molecule has 0 heteroatoms. The van der Waals surface area contributed by atoms with Crippen LogP contribution < -0.4 is 0 Å². The zero-order chi connectivity index (χ0) is 8.36. The summed E-state index contributed by atoms with van der Waals surface area (Å²) in [6, 6.07) is 0. The van der Waals surface area contributed by atoms with Gasteiger partial charge in [0.1, 0.15) is 0 Å². The standard InChI is InChI=1S/C11H22/c1-3-5-7-9-11-10-8-6-4-2/h3,5H,4,6-11H2,1-2H3. The van der Waals surface area contributed by atoms with Gasteiger partial charge in [0.05, 0.1) is 0 Å². The second-order valence-corrected chi connectivity index (χ2v) is 3.13. The molecule has 0 rings (SSSR count). The normalized spacial score (nSPS) is 11.1. The van der Waals surface area contributed by atoms with Crippen LogP contribution in [0, 0.1) is 0 Å². The zero-order valence-electron chi connectivity index (χ0n) is 8.10. The third-order valence-electron chi connectivity index (χ3n) is 1.96. The molecule has 0 N–H and O–H groups in total. The van der Waals surface area contributed by atoms with Gasteiger partial charge in [-0.05, 0) is 19.8 Å². The Balaban J connectivity index is 2.79. The van der Waals surface area contributed by atoms with Crippen molar-refractivity contribution in [1.29, 1.82) is 0 Å². The molecule has 0 aromatic rings. The van der Waals surface area contributed by atoms with Crippen LogP contribution in [0.5, 0.6) is 0 Å². The van der Waals surface area contributed by atoms with E-state index in [2.05, 4.69) is 26.0 Å². The summed E-state index contributed by atoms with van der Waals surface area (Å²) in [5.41, 5.74) is 0. The highest BCUT2D eigenvalue weighted by Gasteiger charge is 1.86. The Morgan fingerprint density at radius 3 is 2.18 bits per heavy atom. The van der Waals surface area contributed by atoms with Crippen molar-refractivity contribution < 1.29 is 0 Å². The first-order chi connectivity index (χ1) is 5.41. The third-order valence-corrected chi connectivity index (χ3v) is 1.96. The molecule has 0 bridgehead atoms. The van der Waals surface area contributed by atoms with E-state index in [1.807, 2.05) is 0 Å². The van der Waals surface area contributed by atoms with Gasteiger partial charge in [0.15, 0.2) is 0 Å². The lowest BCUT2D eigenvalue weighted by Gasteiger charge is -1.96. The van der Waals surface area contributed by atoms with Crippen molar-refractivity contribution in [2.45, 2.75) is 58.8 Å². The Morgan fingerprint density at radius 2 is 1.55 bits per heavy atom. The summed E-state index contributed by atoms with van der Waals surface area (Å²) in [4.78, 5) is 0. The van der Waals surface area contributed by atoms with Crippen molar-refractivity contribution in [1.82, 2.24) is 0 Å². The molecule has 0 aliphatic heterocycles. The van der Waals surface area contributed by atoms with Gasteiger partial charge in [0.25, 0.3) is 0 Å². The quantitative estimate of drug-likeness (QED) is 0.378. The lowest BCUT2D eigenvalue weighted by Crippen LogP contribution is -1.77. The summed E-state index contributed by atoms with van der Waals surface area (Å²) in [6.07, 6.45) is 14.1. The van der Waals surface area contributed by atoms with E-state index in [0.29, 0.717) is 0 Å². The van der Waals surface area contributed by atoms with Gasteiger partial charge in [-0.2, -0.15) is 0 Å². The highest BCUT2D eigenvalue weighted by atomic mass is 13.9. The minimum Gasteiger partial charge on any atom is -0.0917 e. The highest BCUT2D eigenvalue weighted by Crippen LogP contribution is 2.06. The monoisotopic (exact) mass is 154 g/mol. The minimum atomic E-state index is 1.28. The maximum atomic E-state index is 2.26. The Kier molecular flexibility index (Phi) is 9.51. The fourth-order valence-electron chi connectivity index (χ4n) is 1.21. The van der Waals surface area contributed by atoms with Crippen LogP contribution in [0.15, 0.2) is 12.2 Å². The Bertz CT molecular complexity index is 82.0. The molecule has 0 fully saturated rings. The predicted octanol–water partition coefficient (Wildman–Crippen LogP) is 4.31. The molecule has 66 valence electrons. The van der Waals surface area contributed by atoms with E-state index in [0.717, 1.165) is 0 Å². The van der Waals surface area contributed by atoms with Crippen LogP contribution in [0.1, 0.15) is 58.8 Å². The summed E-state index contributed by atoms with van der Waals surface area (Å²) >= 11 is 0. The van der Waals surface area contributed by atoms with E-state index in [-0.39, 0.29) is 0 Å². The van der Waals surface area contributed by atoms with E-state index in [1.165, 1.54) is 44.9 Å². The molecule has 0 atom stereocenters. The molecule has 0 spiro atoms. The maximum Gasteiger partial charge on any atom is -0.0351 e. The largest absolute Gasteiger partial charge is 0.0917 e. The van der Waals surface area contributed by atoms with Gasteiger partial charge in [-0.15, -0.1) is 0 Å².